The van der Waals surface area contributed by atoms with Gasteiger partial charge in [-0.1, -0.05) is 0 Å². The zero-order valence-electron chi connectivity index (χ0n) is 19.8. The second kappa shape index (κ2) is 10.2. The summed E-state index contributed by atoms with van der Waals surface area (Å²) in [6.45, 7) is 2.14. The molecule has 37 heavy (non-hydrogen) atoms. The molecule has 9 nitrogen and oxygen atoms in total. The number of nitrogens with one attached hydrogen (secondary N) is 2. The van der Waals surface area contributed by atoms with Crippen molar-refractivity contribution < 1.29 is 23.1 Å². The number of nitrogens with zero attached hydrogens (tertiary/aromatic N) is 5. The third-order valence-corrected chi connectivity index (χ3v) is 5.54. The summed E-state index contributed by atoms with van der Waals surface area (Å²) in [4.78, 5) is 21.0. The fourth-order valence-electron chi connectivity index (χ4n) is 3.43. The molecule has 3 N–H and O–H groups in total. The third kappa shape index (κ3) is 5.68. The normalized spacial score (nSPS) is 12.4. The standard InChI is InChI=1S/C25H22F3N7O2/c1-25(2,37)22(26)13-32-24(36)17-12-31-20(21-6-4-16-7-14(9-29)10-33-35(16)21)8-19(17)34-15-3-5-18(23(27)28)30-11-15/h3-8,10-12,22-23,37H,13H2,1-2H3,(H,31,34)(H,32,36). The maximum atomic E-state index is 14.2. The lowest BCUT2D eigenvalue weighted by molar-refractivity contribution is -0.00177. The van der Waals surface area contributed by atoms with Gasteiger partial charge in [0.2, 0.25) is 0 Å². The predicted molar refractivity (Wildman–Crippen MR) is 129 cm³/mol. The first-order chi connectivity index (χ1) is 17.6. The molecule has 0 saturated heterocycles. The SMILES string of the molecule is CC(C)(O)C(F)CNC(=O)c1cnc(-c2ccc3cc(C#N)cnn23)cc1Nc1ccc(C(F)F)nc1. The number of anilines is 2. The maximum Gasteiger partial charge on any atom is 0.280 e. The van der Waals surface area contributed by atoms with E-state index < -0.39 is 36.3 Å². The van der Waals surface area contributed by atoms with E-state index in [1.807, 2.05) is 6.07 Å². The molecule has 4 aromatic heterocycles. The van der Waals surface area contributed by atoms with Gasteiger partial charge in [-0.3, -0.25) is 14.8 Å². The van der Waals surface area contributed by atoms with E-state index in [0.717, 1.165) is 6.07 Å². The van der Waals surface area contributed by atoms with Gasteiger partial charge >= 0.3 is 0 Å². The van der Waals surface area contributed by atoms with Crippen LogP contribution in [0.4, 0.5) is 24.5 Å². The molecule has 190 valence electrons. The summed E-state index contributed by atoms with van der Waals surface area (Å²) in [6, 6.07) is 11.3. The Morgan fingerprint density at radius 1 is 1.14 bits per heavy atom. The van der Waals surface area contributed by atoms with Crippen LogP contribution in [0.3, 0.4) is 0 Å². The number of aromatic nitrogens is 4. The quantitative estimate of drug-likeness (QED) is 0.325. The van der Waals surface area contributed by atoms with Crippen molar-refractivity contribution in [3.8, 4) is 17.5 Å². The van der Waals surface area contributed by atoms with Gasteiger partial charge in [-0.05, 0) is 50.2 Å². The van der Waals surface area contributed by atoms with Gasteiger partial charge in [0.05, 0.1) is 63.9 Å². The monoisotopic (exact) mass is 509 g/mol. The van der Waals surface area contributed by atoms with Crippen LogP contribution < -0.4 is 10.6 Å². The molecule has 0 aliphatic carbocycles. The number of carbonyl (C=O) groups is 1. The van der Waals surface area contributed by atoms with Gasteiger partial charge in [0.15, 0.2) is 0 Å². The Bertz CT molecular complexity index is 1470. The number of fused-ring (bicyclic) bond motifs is 1. The van der Waals surface area contributed by atoms with Gasteiger partial charge < -0.3 is 15.7 Å². The smallest absolute Gasteiger partial charge is 0.280 e. The molecule has 0 aromatic carbocycles. The number of hydrogen-bond donors (Lipinski definition) is 3. The molecule has 4 rings (SSSR count). The van der Waals surface area contributed by atoms with Crippen LogP contribution in [0.1, 0.15) is 41.9 Å². The minimum Gasteiger partial charge on any atom is -0.387 e. The molecule has 0 saturated carbocycles. The van der Waals surface area contributed by atoms with Crippen molar-refractivity contribution in [2.75, 3.05) is 11.9 Å². The summed E-state index contributed by atoms with van der Waals surface area (Å²) in [7, 11) is 0. The number of carbonyl (C=O) groups excluding carboxylic acids is 1. The van der Waals surface area contributed by atoms with E-state index in [2.05, 4.69) is 25.7 Å². The van der Waals surface area contributed by atoms with E-state index in [0.29, 0.717) is 28.2 Å². The predicted octanol–water partition coefficient (Wildman–Crippen LogP) is 4.18. The highest BCUT2D eigenvalue weighted by molar-refractivity contribution is 6.00. The molecule has 12 heteroatoms. The summed E-state index contributed by atoms with van der Waals surface area (Å²) in [6.07, 6.45) is -0.558. The van der Waals surface area contributed by atoms with Gasteiger partial charge in [0.25, 0.3) is 12.3 Å². The Hall–Kier alpha value is -4.50. The fraction of sp³-hybridized carbons (Fsp3) is 0.240. The van der Waals surface area contributed by atoms with Gasteiger partial charge in [-0.15, -0.1) is 0 Å². The average molecular weight is 509 g/mol. The first-order valence-corrected chi connectivity index (χ1v) is 11.1. The van der Waals surface area contributed by atoms with E-state index in [1.54, 1.807) is 28.8 Å². The molecule has 0 aliphatic heterocycles. The first kappa shape index (κ1) is 25.6. The lowest BCUT2D eigenvalue weighted by Gasteiger charge is -2.22. The highest BCUT2D eigenvalue weighted by Crippen LogP contribution is 2.28. The Morgan fingerprint density at radius 2 is 1.92 bits per heavy atom. The van der Waals surface area contributed by atoms with Crippen molar-refractivity contribution in [2.45, 2.75) is 32.0 Å². The van der Waals surface area contributed by atoms with E-state index >= 15 is 0 Å². The number of rotatable bonds is 8. The molecule has 1 amide bonds. The van der Waals surface area contributed by atoms with Gasteiger partial charge in [0.1, 0.15) is 17.9 Å². The molecule has 4 aromatic rings. The summed E-state index contributed by atoms with van der Waals surface area (Å²) >= 11 is 0. The van der Waals surface area contributed by atoms with Crippen LogP contribution in [0.5, 0.6) is 0 Å². The van der Waals surface area contributed by atoms with Crippen molar-refractivity contribution in [3.63, 3.8) is 0 Å². The second-order valence-corrected chi connectivity index (χ2v) is 8.76. The van der Waals surface area contributed by atoms with Gasteiger partial charge in [-0.2, -0.15) is 10.4 Å². The number of hydrogen-bond acceptors (Lipinski definition) is 7. The highest BCUT2D eigenvalue weighted by Gasteiger charge is 2.27. The number of nitriles is 1. The third-order valence-electron chi connectivity index (χ3n) is 5.54. The number of aliphatic hydroxyl groups is 1. The number of alkyl halides is 3. The van der Waals surface area contributed by atoms with Crippen LogP contribution in [-0.4, -0.2) is 48.9 Å². The average Bonchev–Trinajstić information content (AvgIpc) is 3.30. The van der Waals surface area contributed by atoms with Crippen LogP contribution in [0, 0.1) is 11.3 Å². The van der Waals surface area contributed by atoms with E-state index in [1.165, 1.54) is 38.5 Å². The lowest BCUT2D eigenvalue weighted by atomic mass is 10.0. The molecule has 1 atom stereocenters. The van der Waals surface area contributed by atoms with Crippen LogP contribution in [0.2, 0.25) is 0 Å². The highest BCUT2D eigenvalue weighted by atomic mass is 19.3. The van der Waals surface area contributed by atoms with Gasteiger partial charge in [0, 0.05) is 6.20 Å². The van der Waals surface area contributed by atoms with Crippen LogP contribution in [0.25, 0.3) is 16.9 Å². The van der Waals surface area contributed by atoms with Crippen LogP contribution in [-0.2, 0) is 0 Å². The van der Waals surface area contributed by atoms with Crippen molar-refractivity contribution in [1.82, 2.24) is 24.9 Å². The van der Waals surface area contributed by atoms with Crippen molar-refractivity contribution in [2.24, 2.45) is 0 Å². The molecule has 0 spiro atoms. The van der Waals surface area contributed by atoms with Crippen molar-refractivity contribution in [1.29, 1.82) is 5.26 Å². The van der Waals surface area contributed by atoms with Crippen molar-refractivity contribution >= 4 is 22.8 Å². The summed E-state index contributed by atoms with van der Waals surface area (Å²) in [5.74, 6) is -0.664. The number of amides is 1. The lowest BCUT2D eigenvalue weighted by Crippen LogP contribution is -2.42. The van der Waals surface area contributed by atoms with Crippen LogP contribution in [0.15, 0.2) is 55.0 Å². The Labute approximate surface area is 209 Å². The first-order valence-electron chi connectivity index (χ1n) is 11.1. The van der Waals surface area contributed by atoms with E-state index in [-0.39, 0.29) is 11.3 Å². The zero-order valence-corrected chi connectivity index (χ0v) is 19.8. The minimum absolute atomic E-state index is 0.0465. The molecular weight excluding hydrogens is 487 g/mol. The molecule has 1 unspecified atom stereocenters. The molecule has 0 fully saturated rings. The second-order valence-electron chi connectivity index (χ2n) is 8.76. The van der Waals surface area contributed by atoms with Crippen LogP contribution >= 0.6 is 0 Å². The molecule has 0 radical (unpaired) electrons. The maximum absolute atomic E-state index is 14.2. The zero-order chi connectivity index (χ0) is 26.7. The van der Waals surface area contributed by atoms with Gasteiger partial charge in [-0.25, -0.2) is 17.7 Å². The topological polar surface area (TPSA) is 128 Å². The Morgan fingerprint density at radius 3 is 2.57 bits per heavy atom. The van der Waals surface area contributed by atoms with Crippen molar-refractivity contribution in [3.05, 3.63) is 71.8 Å². The van der Waals surface area contributed by atoms with E-state index in [9.17, 15) is 23.1 Å². The Kier molecular flexibility index (Phi) is 7.08. The summed E-state index contributed by atoms with van der Waals surface area (Å²) in [5.41, 5.74) is 0.579. The molecule has 0 bridgehead atoms. The molecule has 0 aliphatic rings. The largest absolute Gasteiger partial charge is 0.387 e. The van der Waals surface area contributed by atoms with E-state index in [4.69, 9.17) is 5.26 Å². The molecular formula is C25H22F3N7O2. The molecule has 4 heterocycles. The Balaban J connectivity index is 1.70. The summed E-state index contributed by atoms with van der Waals surface area (Å²) < 4.78 is 41.6. The number of pyridine rings is 2. The fourth-order valence-corrected chi connectivity index (χ4v) is 3.43. The number of halogens is 3. The minimum atomic E-state index is -2.73. The summed E-state index contributed by atoms with van der Waals surface area (Å²) in [5, 5.41) is 28.6.